The van der Waals surface area contributed by atoms with Gasteiger partial charge in [0.1, 0.15) is 5.70 Å². The highest BCUT2D eigenvalue weighted by atomic mass is 16.2. The number of carbonyl (C=O) groups is 3. The van der Waals surface area contributed by atoms with Gasteiger partial charge >= 0.3 is 0 Å². The molecule has 0 atom stereocenters. The van der Waals surface area contributed by atoms with E-state index in [1.807, 2.05) is 0 Å². The van der Waals surface area contributed by atoms with Crippen LogP contribution in [-0.4, -0.2) is 29.2 Å². The summed E-state index contributed by atoms with van der Waals surface area (Å²) in [4.78, 5) is 35.3. The summed E-state index contributed by atoms with van der Waals surface area (Å²) < 4.78 is 0. The van der Waals surface area contributed by atoms with Crippen LogP contribution in [0.5, 0.6) is 0 Å². The topological polar surface area (TPSA) is 66.5 Å². The van der Waals surface area contributed by atoms with Crippen LogP contribution in [0.25, 0.3) is 0 Å². The number of hydrogen-bond acceptors (Lipinski definition) is 3. The van der Waals surface area contributed by atoms with Crippen LogP contribution in [0.1, 0.15) is 33.1 Å². The monoisotopic (exact) mass is 224 g/mol. The largest absolute Gasteiger partial charge is 0.322 e. The molecule has 0 radical (unpaired) electrons. The third kappa shape index (κ3) is 3.18. The maximum atomic E-state index is 11.9. The molecule has 0 fully saturated rings. The highest BCUT2D eigenvalue weighted by Crippen LogP contribution is 2.10. The molecular formula is C11H16N2O3. The average molecular weight is 224 g/mol. The van der Waals surface area contributed by atoms with Gasteiger partial charge in [-0.25, -0.2) is 0 Å². The van der Waals surface area contributed by atoms with Gasteiger partial charge in [-0.15, -0.1) is 0 Å². The van der Waals surface area contributed by atoms with Gasteiger partial charge in [-0.1, -0.05) is 6.08 Å². The Labute approximate surface area is 94.5 Å². The number of allylic oxidation sites excluding steroid dienone is 1. The van der Waals surface area contributed by atoms with E-state index in [4.69, 9.17) is 0 Å². The van der Waals surface area contributed by atoms with E-state index in [-0.39, 0.29) is 17.5 Å². The highest BCUT2D eigenvalue weighted by molar-refractivity contribution is 6.05. The molecular weight excluding hydrogens is 208 g/mol. The maximum absolute atomic E-state index is 11.9. The molecule has 0 bridgehead atoms. The molecule has 1 aliphatic rings. The fraction of sp³-hybridized carbons (Fsp3) is 0.545. The van der Waals surface area contributed by atoms with Gasteiger partial charge in [-0.05, 0) is 19.3 Å². The zero-order chi connectivity index (χ0) is 12.1. The first-order valence-corrected chi connectivity index (χ1v) is 5.32. The van der Waals surface area contributed by atoms with Gasteiger partial charge in [0, 0.05) is 20.4 Å². The molecule has 16 heavy (non-hydrogen) atoms. The number of hydrogen-bond donors (Lipinski definition) is 1. The van der Waals surface area contributed by atoms with Crippen molar-refractivity contribution in [2.75, 3.05) is 6.54 Å². The zero-order valence-corrected chi connectivity index (χ0v) is 9.58. The summed E-state index contributed by atoms with van der Waals surface area (Å²) in [5, 5.41) is 2.46. The van der Waals surface area contributed by atoms with Crippen molar-refractivity contribution in [3.63, 3.8) is 0 Å². The lowest BCUT2D eigenvalue weighted by atomic mass is 10.1. The number of amides is 3. The number of carbonyl (C=O) groups excluding carboxylic acids is 3. The molecule has 5 heteroatoms. The molecule has 0 aromatic carbocycles. The van der Waals surface area contributed by atoms with Gasteiger partial charge in [-0.3, -0.25) is 19.3 Å². The summed E-state index contributed by atoms with van der Waals surface area (Å²) in [7, 11) is 0. The van der Waals surface area contributed by atoms with Crippen molar-refractivity contribution in [3.05, 3.63) is 11.8 Å². The van der Waals surface area contributed by atoms with Crippen molar-refractivity contribution in [1.82, 2.24) is 10.2 Å². The van der Waals surface area contributed by atoms with Crippen LogP contribution in [0.4, 0.5) is 0 Å². The SMILES string of the molecule is CC(=O)N/C1=C/CCCCN(C(C)=O)C1=O. The van der Waals surface area contributed by atoms with Crippen molar-refractivity contribution >= 4 is 17.7 Å². The second-order valence-electron chi connectivity index (χ2n) is 3.77. The Balaban J connectivity index is 2.89. The number of nitrogens with one attached hydrogen (secondary N) is 1. The molecule has 1 heterocycles. The Morgan fingerprint density at radius 1 is 1.31 bits per heavy atom. The van der Waals surface area contributed by atoms with Gasteiger partial charge in [0.2, 0.25) is 11.8 Å². The summed E-state index contributed by atoms with van der Waals surface area (Å²) in [6.45, 7) is 3.11. The van der Waals surface area contributed by atoms with Crippen LogP contribution in [0.2, 0.25) is 0 Å². The van der Waals surface area contributed by atoms with Crippen molar-refractivity contribution in [2.24, 2.45) is 0 Å². The molecule has 1 aliphatic heterocycles. The van der Waals surface area contributed by atoms with Crippen LogP contribution >= 0.6 is 0 Å². The molecule has 3 amide bonds. The molecule has 0 aromatic heterocycles. The third-order valence-corrected chi connectivity index (χ3v) is 2.35. The van der Waals surface area contributed by atoms with Crippen molar-refractivity contribution in [1.29, 1.82) is 0 Å². The Morgan fingerprint density at radius 3 is 2.56 bits per heavy atom. The lowest BCUT2D eigenvalue weighted by Crippen LogP contribution is -2.41. The van der Waals surface area contributed by atoms with Crippen molar-refractivity contribution in [3.8, 4) is 0 Å². The first-order chi connectivity index (χ1) is 7.52. The normalized spacial score (nSPS) is 20.5. The third-order valence-electron chi connectivity index (χ3n) is 2.35. The Kier molecular flexibility index (Phi) is 4.22. The predicted octanol–water partition coefficient (Wildman–Crippen LogP) is 0.565. The lowest BCUT2D eigenvalue weighted by Gasteiger charge is -2.22. The molecule has 1 rings (SSSR count). The van der Waals surface area contributed by atoms with E-state index in [0.717, 1.165) is 19.3 Å². The van der Waals surface area contributed by atoms with E-state index in [9.17, 15) is 14.4 Å². The van der Waals surface area contributed by atoms with E-state index in [1.165, 1.54) is 18.7 Å². The quantitative estimate of drug-likeness (QED) is 0.708. The molecule has 0 aliphatic carbocycles. The molecule has 0 unspecified atom stereocenters. The fourth-order valence-corrected chi connectivity index (χ4v) is 1.59. The Morgan fingerprint density at radius 2 is 2.00 bits per heavy atom. The summed E-state index contributed by atoms with van der Waals surface area (Å²) in [5.74, 6) is -1.01. The van der Waals surface area contributed by atoms with E-state index < -0.39 is 5.91 Å². The van der Waals surface area contributed by atoms with Crippen LogP contribution in [0.15, 0.2) is 11.8 Å². The molecule has 0 saturated carbocycles. The Hall–Kier alpha value is -1.65. The van der Waals surface area contributed by atoms with Gasteiger partial charge in [0.15, 0.2) is 0 Å². The fourth-order valence-electron chi connectivity index (χ4n) is 1.59. The molecule has 0 saturated heterocycles. The molecule has 5 nitrogen and oxygen atoms in total. The zero-order valence-electron chi connectivity index (χ0n) is 9.58. The van der Waals surface area contributed by atoms with E-state index >= 15 is 0 Å². The van der Waals surface area contributed by atoms with Gasteiger partial charge in [-0.2, -0.15) is 0 Å². The predicted molar refractivity (Wildman–Crippen MR) is 58.1 cm³/mol. The minimum Gasteiger partial charge on any atom is -0.322 e. The van der Waals surface area contributed by atoms with E-state index in [1.54, 1.807) is 6.08 Å². The standard InChI is InChI=1S/C11H16N2O3/c1-8(14)12-10-6-4-3-5-7-13(9(2)15)11(10)16/h6H,3-5,7H2,1-2H3,(H,12,14)/b10-6+. The summed E-state index contributed by atoms with van der Waals surface area (Å²) >= 11 is 0. The smallest absolute Gasteiger partial charge is 0.276 e. The van der Waals surface area contributed by atoms with Gasteiger partial charge < -0.3 is 5.32 Å². The van der Waals surface area contributed by atoms with E-state index in [0.29, 0.717) is 6.54 Å². The molecule has 88 valence electrons. The van der Waals surface area contributed by atoms with Gasteiger partial charge in [0.25, 0.3) is 5.91 Å². The summed E-state index contributed by atoms with van der Waals surface area (Å²) in [5.41, 5.74) is 0.211. The van der Waals surface area contributed by atoms with Crippen LogP contribution in [0.3, 0.4) is 0 Å². The molecule has 0 aromatic rings. The van der Waals surface area contributed by atoms with Crippen molar-refractivity contribution in [2.45, 2.75) is 33.1 Å². The first kappa shape index (κ1) is 12.4. The average Bonchev–Trinajstić information content (AvgIpc) is 2.16. The Bertz CT molecular complexity index is 347. The number of rotatable bonds is 1. The molecule has 1 N–H and O–H groups in total. The lowest BCUT2D eigenvalue weighted by molar-refractivity contribution is -0.142. The minimum atomic E-state index is -0.414. The highest BCUT2D eigenvalue weighted by Gasteiger charge is 2.23. The summed E-state index contributed by atoms with van der Waals surface area (Å²) in [6.07, 6.45) is 4.13. The first-order valence-electron chi connectivity index (χ1n) is 5.32. The minimum absolute atomic E-state index is 0.211. The van der Waals surface area contributed by atoms with Crippen LogP contribution in [0, 0.1) is 0 Å². The number of nitrogens with zero attached hydrogens (tertiary/aromatic N) is 1. The number of imide groups is 1. The van der Waals surface area contributed by atoms with Gasteiger partial charge in [0.05, 0.1) is 0 Å². The second-order valence-corrected chi connectivity index (χ2v) is 3.77. The maximum Gasteiger partial charge on any atom is 0.276 e. The summed E-state index contributed by atoms with van der Waals surface area (Å²) in [6, 6.07) is 0. The van der Waals surface area contributed by atoms with E-state index in [2.05, 4.69) is 5.32 Å². The van der Waals surface area contributed by atoms with Crippen LogP contribution < -0.4 is 5.32 Å². The van der Waals surface area contributed by atoms with Crippen LogP contribution in [-0.2, 0) is 14.4 Å². The molecule has 0 spiro atoms. The van der Waals surface area contributed by atoms with Crippen molar-refractivity contribution < 1.29 is 14.4 Å². The second kappa shape index (κ2) is 5.44.